The van der Waals surface area contributed by atoms with Crippen molar-refractivity contribution in [3.8, 4) is 28.3 Å². The van der Waals surface area contributed by atoms with E-state index < -0.39 is 0 Å². The molecule has 0 bridgehead atoms. The predicted molar refractivity (Wildman–Crippen MR) is 187 cm³/mol. The molecule has 2 aliphatic heterocycles. The number of anilines is 1. The van der Waals surface area contributed by atoms with Crippen LogP contribution in [0.25, 0.3) is 33.5 Å². The molecule has 10 nitrogen and oxygen atoms in total. The SMILES string of the molecule is CN(C)N1CCN(Cc2ccc(-c3cc4c(-c5cccc(N6CCOc7cc(C8CC8)ccc7C6=O)c5CO)ccnc4[nH]3)nc2)CC1. The van der Waals surface area contributed by atoms with Gasteiger partial charge in [0.05, 0.1) is 35.8 Å². The maximum absolute atomic E-state index is 13.9. The van der Waals surface area contributed by atoms with Gasteiger partial charge < -0.3 is 19.7 Å². The first kappa shape index (κ1) is 30.7. The van der Waals surface area contributed by atoms with Gasteiger partial charge in [-0.2, -0.15) is 0 Å². The van der Waals surface area contributed by atoms with Crippen LogP contribution in [0.3, 0.4) is 0 Å². The predicted octanol–water partition coefficient (Wildman–Crippen LogP) is 5.30. The average molecular weight is 644 g/mol. The molecule has 48 heavy (non-hydrogen) atoms. The van der Waals surface area contributed by atoms with Gasteiger partial charge in [0, 0.05) is 70.2 Å². The van der Waals surface area contributed by atoms with Gasteiger partial charge in [-0.05, 0) is 77.4 Å². The molecule has 3 aromatic heterocycles. The second-order valence-corrected chi connectivity index (χ2v) is 13.2. The summed E-state index contributed by atoms with van der Waals surface area (Å²) >= 11 is 0. The van der Waals surface area contributed by atoms with Crippen LogP contribution < -0.4 is 9.64 Å². The largest absolute Gasteiger partial charge is 0.491 e. The van der Waals surface area contributed by atoms with Crippen LogP contribution in [0, 0.1) is 0 Å². The average Bonchev–Trinajstić information content (AvgIpc) is 3.90. The molecule has 1 saturated heterocycles. The molecule has 2 aromatic carbocycles. The lowest BCUT2D eigenvalue weighted by Crippen LogP contribution is -2.50. The van der Waals surface area contributed by atoms with E-state index in [0.29, 0.717) is 41.6 Å². The number of nitrogens with one attached hydrogen (secondary N) is 1. The molecule has 246 valence electrons. The first-order valence-electron chi connectivity index (χ1n) is 16.9. The number of aromatic amines is 1. The molecule has 1 saturated carbocycles. The Balaban J connectivity index is 1.07. The Labute approximate surface area is 280 Å². The number of piperazine rings is 1. The van der Waals surface area contributed by atoms with Crippen LogP contribution >= 0.6 is 0 Å². The van der Waals surface area contributed by atoms with E-state index in [9.17, 15) is 9.90 Å². The minimum atomic E-state index is -0.224. The van der Waals surface area contributed by atoms with Crippen LogP contribution in [0.15, 0.2) is 73.1 Å². The van der Waals surface area contributed by atoms with Crippen molar-refractivity contribution in [3.05, 3.63) is 95.3 Å². The number of hydrogen-bond acceptors (Lipinski definition) is 8. The van der Waals surface area contributed by atoms with E-state index in [-0.39, 0.29) is 12.5 Å². The lowest BCUT2D eigenvalue weighted by atomic mass is 9.96. The topological polar surface area (TPSA) is 101 Å². The summed E-state index contributed by atoms with van der Waals surface area (Å²) in [5, 5.41) is 16.2. The number of hydrazine groups is 1. The fraction of sp³-hybridized carbons (Fsp3) is 0.342. The first-order chi connectivity index (χ1) is 23.5. The zero-order valence-electron chi connectivity index (χ0n) is 27.5. The number of carbonyl (C=O) groups excluding carboxylic acids is 1. The van der Waals surface area contributed by atoms with E-state index in [0.717, 1.165) is 66.3 Å². The van der Waals surface area contributed by atoms with Crippen molar-refractivity contribution >= 4 is 22.6 Å². The zero-order chi connectivity index (χ0) is 32.8. The lowest BCUT2D eigenvalue weighted by molar-refractivity contribution is -0.0205. The van der Waals surface area contributed by atoms with Crippen molar-refractivity contribution in [2.24, 2.45) is 0 Å². The monoisotopic (exact) mass is 643 g/mol. The molecule has 5 heterocycles. The highest BCUT2D eigenvalue weighted by Gasteiger charge is 2.30. The van der Waals surface area contributed by atoms with Gasteiger partial charge in [0.2, 0.25) is 0 Å². The van der Waals surface area contributed by atoms with Gasteiger partial charge in [-0.1, -0.05) is 24.3 Å². The Hall–Kier alpha value is -4.61. The maximum Gasteiger partial charge on any atom is 0.262 e. The van der Waals surface area contributed by atoms with Crippen LogP contribution in [0.1, 0.15) is 45.8 Å². The van der Waals surface area contributed by atoms with Crippen molar-refractivity contribution in [3.63, 3.8) is 0 Å². The van der Waals surface area contributed by atoms with Crippen molar-refractivity contribution in [1.82, 2.24) is 29.9 Å². The molecule has 10 heteroatoms. The summed E-state index contributed by atoms with van der Waals surface area (Å²) in [5.74, 6) is 1.10. The highest BCUT2D eigenvalue weighted by molar-refractivity contribution is 6.09. The molecular weight excluding hydrogens is 602 g/mol. The summed E-state index contributed by atoms with van der Waals surface area (Å²) in [4.78, 5) is 31.0. The van der Waals surface area contributed by atoms with Crippen LogP contribution in [0.4, 0.5) is 5.69 Å². The second-order valence-electron chi connectivity index (χ2n) is 13.2. The van der Waals surface area contributed by atoms with Crippen molar-refractivity contribution in [2.75, 3.05) is 58.3 Å². The van der Waals surface area contributed by atoms with Gasteiger partial charge in [-0.3, -0.25) is 14.7 Å². The Kier molecular flexibility index (Phi) is 8.17. The van der Waals surface area contributed by atoms with Crippen molar-refractivity contribution in [2.45, 2.75) is 31.9 Å². The van der Waals surface area contributed by atoms with Crippen molar-refractivity contribution < 1.29 is 14.6 Å². The molecule has 8 rings (SSSR count). The maximum atomic E-state index is 13.9. The number of carbonyl (C=O) groups is 1. The summed E-state index contributed by atoms with van der Waals surface area (Å²) in [6.45, 7) is 5.54. The van der Waals surface area contributed by atoms with E-state index in [1.54, 1.807) is 11.1 Å². The van der Waals surface area contributed by atoms with Gasteiger partial charge >= 0.3 is 0 Å². The number of ether oxygens (including phenoxy) is 1. The summed E-state index contributed by atoms with van der Waals surface area (Å²) < 4.78 is 6.09. The minimum absolute atomic E-state index is 0.120. The van der Waals surface area contributed by atoms with E-state index in [2.05, 4.69) is 63.2 Å². The molecule has 1 aliphatic carbocycles. The number of pyridine rings is 2. The lowest BCUT2D eigenvalue weighted by Gasteiger charge is -2.37. The number of rotatable bonds is 8. The van der Waals surface area contributed by atoms with E-state index in [1.807, 2.05) is 42.6 Å². The summed E-state index contributed by atoms with van der Waals surface area (Å²) in [6.07, 6.45) is 6.12. The number of aromatic nitrogens is 3. The fourth-order valence-corrected chi connectivity index (χ4v) is 7.11. The van der Waals surface area contributed by atoms with Crippen LogP contribution in [0.2, 0.25) is 0 Å². The van der Waals surface area contributed by atoms with Gasteiger partial charge in [0.1, 0.15) is 18.0 Å². The van der Waals surface area contributed by atoms with E-state index in [4.69, 9.17) is 9.72 Å². The standard InChI is InChI=1S/C38H41N7O3/c1-42(2)44-16-14-43(15-17-44)23-25-6-11-33(40-22-25)34-21-31-29(12-13-39-37(31)41-34)28-4-3-5-35(32(28)24-46)45-18-19-48-36-20-27(26-7-8-26)9-10-30(36)38(45)47/h3-6,9-13,20-22,26,46H,7-8,14-19,23-24H2,1-2H3,(H,39,41). The third-order valence-corrected chi connectivity index (χ3v) is 9.95. The van der Waals surface area contributed by atoms with Crippen LogP contribution in [-0.4, -0.2) is 94.3 Å². The molecule has 0 atom stereocenters. The summed E-state index contributed by atoms with van der Waals surface area (Å²) in [7, 11) is 4.20. The minimum Gasteiger partial charge on any atom is -0.491 e. The number of aliphatic hydroxyl groups is 1. The molecule has 1 amide bonds. The van der Waals surface area contributed by atoms with Gasteiger partial charge in [0.15, 0.2) is 0 Å². The number of benzene rings is 2. The molecule has 2 N–H and O–H groups in total. The molecule has 0 radical (unpaired) electrons. The second kappa shape index (κ2) is 12.8. The normalized spacial score (nSPS) is 17.5. The highest BCUT2D eigenvalue weighted by atomic mass is 16.5. The third-order valence-electron chi connectivity index (χ3n) is 9.95. The number of amides is 1. The Morgan fingerprint density at radius 2 is 1.79 bits per heavy atom. The van der Waals surface area contributed by atoms with Crippen molar-refractivity contribution in [1.29, 1.82) is 0 Å². The number of H-pyrrole nitrogens is 1. The molecule has 0 unspecified atom stereocenters. The van der Waals surface area contributed by atoms with Crippen LogP contribution in [-0.2, 0) is 13.2 Å². The number of hydrogen-bond donors (Lipinski definition) is 2. The van der Waals surface area contributed by atoms with Gasteiger partial charge in [0.25, 0.3) is 5.91 Å². The molecule has 0 spiro atoms. The highest BCUT2D eigenvalue weighted by Crippen LogP contribution is 2.43. The molecule has 5 aromatic rings. The molecule has 2 fully saturated rings. The van der Waals surface area contributed by atoms with Gasteiger partial charge in [-0.25, -0.2) is 15.0 Å². The van der Waals surface area contributed by atoms with Crippen LogP contribution in [0.5, 0.6) is 5.75 Å². The number of nitrogens with zero attached hydrogens (tertiary/aromatic N) is 6. The number of aliphatic hydroxyl groups excluding tert-OH is 1. The first-order valence-corrected chi connectivity index (χ1v) is 16.9. The smallest absolute Gasteiger partial charge is 0.262 e. The summed E-state index contributed by atoms with van der Waals surface area (Å²) in [6, 6.07) is 20.1. The zero-order valence-corrected chi connectivity index (χ0v) is 27.5. The quantitative estimate of drug-likeness (QED) is 0.235. The van der Waals surface area contributed by atoms with Gasteiger partial charge in [-0.15, -0.1) is 0 Å². The summed E-state index contributed by atoms with van der Waals surface area (Å²) in [5.41, 5.74) is 8.59. The van der Waals surface area contributed by atoms with E-state index >= 15 is 0 Å². The Morgan fingerprint density at radius 1 is 0.938 bits per heavy atom. The Morgan fingerprint density at radius 3 is 2.54 bits per heavy atom. The number of fused-ring (bicyclic) bond motifs is 2. The molecular formula is C38H41N7O3. The Bertz CT molecular complexity index is 1960. The van der Waals surface area contributed by atoms with E-state index in [1.165, 1.54) is 24.0 Å². The fourth-order valence-electron chi connectivity index (χ4n) is 7.11. The third kappa shape index (κ3) is 5.85. The molecule has 3 aliphatic rings.